The zero-order chi connectivity index (χ0) is 27.8. The van der Waals surface area contributed by atoms with Crippen LogP contribution in [0.2, 0.25) is 37.3 Å². The second kappa shape index (κ2) is 14.7. The summed E-state index contributed by atoms with van der Waals surface area (Å²) in [4.78, 5) is 0. The molecule has 3 aliphatic rings. The van der Waals surface area contributed by atoms with Crippen LogP contribution in [0.4, 0.5) is 0 Å². The third-order valence-electron chi connectivity index (χ3n) is 11.5. The van der Waals surface area contributed by atoms with Crippen LogP contribution in [-0.4, -0.2) is 15.2 Å². The molecule has 0 nitrogen and oxygen atoms in total. The standard InChI is InChI=1S/C32H56Si2.2CH3.2ClH.Zr/c1-31(2,3)24-20-23(21-25(22-24)32(4,5)6)27-16-13-17-29-28(27)18-19-30(29)34(9,10)33(7,8)26-14-11-12-15-26;;;;;/h20-22,26-30H,11-19H2,1-10H3;2*1H3;2*1H;/q;2*-1;;;+4/p-2. The van der Waals surface area contributed by atoms with Crippen LogP contribution in [-0.2, 0) is 31.7 Å². The third-order valence-corrected chi connectivity index (χ3v) is 32.3. The molecule has 3 saturated carbocycles. The van der Waals surface area contributed by atoms with Gasteiger partial charge in [-0.25, -0.2) is 0 Å². The summed E-state index contributed by atoms with van der Waals surface area (Å²) in [5.74, 6) is 2.76. The summed E-state index contributed by atoms with van der Waals surface area (Å²) < 4.78 is 0. The predicted octanol–water partition coefficient (Wildman–Crippen LogP) is 12.7. The molecule has 4 unspecified atom stereocenters. The van der Waals surface area contributed by atoms with E-state index in [1.165, 1.54) is 38.5 Å². The Morgan fingerprint density at radius 2 is 1.13 bits per heavy atom. The average molecular weight is 689 g/mol. The number of rotatable bonds is 4. The first-order chi connectivity index (χ1) is 17.1. The van der Waals surface area contributed by atoms with Crippen molar-refractivity contribution in [2.45, 2.75) is 153 Å². The Bertz CT molecular complexity index is 861. The van der Waals surface area contributed by atoms with E-state index in [9.17, 15) is 0 Å². The van der Waals surface area contributed by atoms with Gasteiger partial charge in [-0.1, -0.05) is 131 Å². The molecule has 0 heterocycles. The van der Waals surface area contributed by atoms with Crippen LogP contribution < -0.4 is 0 Å². The van der Waals surface area contributed by atoms with Crippen molar-refractivity contribution in [1.29, 1.82) is 0 Å². The molecular weight excluding hydrogens is 627 g/mol. The van der Waals surface area contributed by atoms with Crippen molar-refractivity contribution >= 4 is 32.2 Å². The molecule has 0 bridgehead atoms. The van der Waals surface area contributed by atoms with Crippen molar-refractivity contribution in [3.63, 3.8) is 0 Å². The molecule has 4 rings (SSSR count). The molecule has 0 aromatic heterocycles. The van der Waals surface area contributed by atoms with Crippen LogP contribution in [0.25, 0.3) is 0 Å². The van der Waals surface area contributed by atoms with Gasteiger partial charge in [-0.15, -0.1) is 0 Å². The number of fused-ring (bicyclic) bond motifs is 1. The van der Waals surface area contributed by atoms with Gasteiger partial charge in [-0.05, 0) is 69.2 Å². The maximum atomic E-state index is 4.93. The molecule has 0 aliphatic heterocycles. The Labute approximate surface area is 266 Å². The molecule has 0 spiro atoms. The van der Waals surface area contributed by atoms with Gasteiger partial charge >= 0.3 is 37.9 Å². The summed E-state index contributed by atoms with van der Waals surface area (Å²) >= 11 is -0.826. The van der Waals surface area contributed by atoms with E-state index in [2.05, 4.69) is 85.9 Å². The van der Waals surface area contributed by atoms with E-state index >= 15 is 0 Å². The SMILES string of the molecule is CC(C)(C)c1cc(C2CCCC3C2CCC3[Si](C)(C)[Si](C)(C)C2CCCC2)cc(C(C)(C)C)c1.[CH3-].[CH3-].[Cl][Zr+2][Cl]. The molecular formula is C34H62Cl2Si2Zr. The quantitative estimate of drug-likeness (QED) is 0.218. The predicted molar refractivity (Wildman–Crippen MR) is 182 cm³/mol. The van der Waals surface area contributed by atoms with Gasteiger partial charge in [-0.2, -0.15) is 0 Å². The Morgan fingerprint density at radius 1 is 0.641 bits per heavy atom. The molecule has 39 heavy (non-hydrogen) atoms. The first-order valence-electron chi connectivity index (χ1n) is 15.2. The molecule has 3 fully saturated rings. The Balaban J connectivity index is 0.00000145. The minimum absolute atomic E-state index is 0. The molecule has 0 saturated heterocycles. The summed E-state index contributed by atoms with van der Waals surface area (Å²) in [7, 11) is 7.45. The second-order valence-electron chi connectivity index (χ2n) is 15.9. The fourth-order valence-corrected chi connectivity index (χ4v) is 22.7. The van der Waals surface area contributed by atoms with Crippen molar-refractivity contribution in [3.05, 3.63) is 49.7 Å². The molecule has 224 valence electrons. The fraction of sp³-hybridized carbons (Fsp3) is 0.765. The zero-order valence-corrected chi connectivity index (χ0v) is 33.7. The number of halogens is 2. The Kier molecular flexibility index (Phi) is 14.4. The molecule has 0 amide bonds. The first-order valence-corrected chi connectivity index (χ1v) is 28.7. The van der Waals surface area contributed by atoms with Gasteiger partial charge in [0.05, 0.1) is 0 Å². The number of benzene rings is 1. The van der Waals surface area contributed by atoms with Gasteiger partial charge in [0.25, 0.3) is 0 Å². The van der Waals surface area contributed by atoms with Crippen LogP contribution in [0.15, 0.2) is 18.2 Å². The molecule has 1 aromatic rings. The molecule has 1 aromatic carbocycles. The van der Waals surface area contributed by atoms with Gasteiger partial charge in [-0.3, -0.25) is 0 Å². The van der Waals surface area contributed by atoms with Crippen molar-refractivity contribution in [3.8, 4) is 0 Å². The molecule has 0 radical (unpaired) electrons. The molecule has 4 atom stereocenters. The van der Waals surface area contributed by atoms with Crippen molar-refractivity contribution in [2.75, 3.05) is 0 Å². The minimum atomic E-state index is -1.24. The maximum absolute atomic E-state index is 4.93. The van der Waals surface area contributed by atoms with Gasteiger partial charge in [0.1, 0.15) is 0 Å². The van der Waals surface area contributed by atoms with Crippen LogP contribution in [0.1, 0.15) is 122 Å². The first kappa shape index (κ1) is 38.1. The van der Waals surface area contributed by atoms with E-state index in [0.29, 0.717) is 0 Å². The van der Waals surface area contributed by atoms with Crippen LogP contribution in [0, 0.1) is 26.7 Å². The normalized spacial score (nSPS) is 25.9. The van der Waals surface area contributed by atoms with Crippen molar-refractivity contribution in [2.24, 2.45) is 11.8 Å². The van der Waals surface area contributed by atoms with E-state index in [0.717, 1.165) is 28.8 Å². The average Bonchev–Trinajstić information content (AvgIpc) is 3.48. The van der Waals surface area contributed by atoms with Gasteiger partial charge in [0.2, 0.25) is 0 Å². The Hall–Kier alpha value is 1.12. The zero-order valence-electron chi connectivity index (χ0n) is 27.7. The molecule has 3 aliphatic carbocycles. The third kappa shape index (κ3) is 8.40. The summed E-state index contributed by atoms with van der Waals surface area (Å²) in [6.45, 7) is 25.8. The second-order valence-corrected chi connectivity index (χ2v) is 35.8. The number of hydrogen-bond donors (Lipinski definition) is 0. The monoisotopic (exact) mass is 686 g/mol. The summed E-state index contributed by atoms with van der Waals surface area (Å²) in [6.07, 6.45) is 13.6. The number of hydrogen-bond acceptors (Lipinski definition) is 0. The molecule has 5 heteroatoms. The van der Waals surface area contributed by atoms with Crippen LogP contribution >= 0.6 is 17.0 Å². The van der Waals surface area contributed by atoms with Crippen LogP contribution in [0.5, 0.6) is 0 Å². The molecule has 0 N–H and O–H groups in total. The topological polar surface area (TPSA) is 0 Å². The van der Waals surface area contributed by atoms with E-state index in [-0.39, 0.29) is 25.7 Å². The Morgan fingerprint density at radius 3 is 1.59 bits per heavy atom. The van der Waals surface area contributed by atoms with Gasteiger partial charge < -0.3 is 14.9 Å². The van der Waals surface area contributed by atoms with E-state index < -0.39 is 36.0 Å². The summed E-state index contributed by atoms with van der Waals surface area (Å²) in [5, 5.41) is 0. The van der Waals surface area contributed by atoms with Crippen molar-refractivity contribution in [1.82, 2.24) is 0 Å². The van der Waals surface area contributed by atoms with E-state index in [1.807, 2.05) is 0 Å². The van der Waals surface area contributed by atoms with E-state index in [4.69, 9.17) is 17.0 Å². The summed E-state index contributed by atoms with van der Waals surface area (Å²) in [5.41, 5.74) is 7.45. The fourth-order valence-electron chi connectivity index (χ4n) is 8.49. The van der Waals surface area contributed by atoms with Gasteiger partial charge in [0, 0.05) is 15.2 Å². The van der Waals surface area contributed by atoms with Crippen molar-refractivity contribution < 1.29 is 20.8 Å². The van der Waals surface area contributed by atoms with E-state index in [1.54, 1.807) is 36.0 Å². The van der Waals surface area contributed by atoms with Crippen LogP contribution in [0.3, 0.4) is 0 Å². The van der Waals surface area contributed by atoms with Gasteiger partial charge in [0.15, 0.2) is 0 Å². The summed E-state index contributed by atoms with van der Waals surface area (Å²) in [6, 6.07) is 7.79.